The van der Waals surface area contributed by atoms with E-state index in [9.17, 15) is 0 Å². The molecule has 0 saturated carbocycles. The van der Waals surface area contributed by atoms with Crippen molar-refractivity contribution in [3.8, 4) is 5.69 Å². The molecule has 1 aliphatic rings. The summed E-state index contributed by atoms with van der Waals surface area (Å²) in [5.74, 6) is 0. The standard InChI is InChI=1S/C14H17N3/c1-15-12-7-8-14-11(9-12)10-16-17(14)13-5-3-2-4-6-13/h2-6,10,12,15H,7-9H2,1H3. The van der Waals surface area contributed by atoms with Gasteiger partial charge in [-0.15, -0.1) is 0 Å². The maximum Gasteiger partial charge on any atom is 0.0648 e. The van der Waals surface area contributed by atoms with Gasteiger partial charge >= 0.3 is 0 Å². The summed E-state index contributed by atoms with van der Waals surface area (Å²) in [6.45, 7) is 0. The monoisotopic (exact) mass is 227 g/mol. The molecular formula is C14H17N3. The molecule has 1 aliphatic carbocycles. The number of aromatic nitrogens is 2. The molecule has 0 fully saturated rings. The van der Waals surface area contributed by atoms with Crippen LogP contribution < -0.4 is 5.32 Å². The summed E-state index contributed by atoms with van der Waals surface area (Å²) in [7, 11) is 2.04. The Morgan fingerprint density at radius 2 is 2.12 bits per heavy atom. The van der Waals surface area contributed by atoms with Crippen LogP contribution in [0, 0.1) is 0 Å². The van der Waals surface area contributed by atoms with Gasteiger partial charge in [0.25, 0.3) is 0 Å². The Morgan fingerprint density at radius 3 is 2.88 bits per heavy atom. The molecule has 3 heteroatoms. The summed E-state index contributed by atoms with van der Waals surface area (Å²) in [4.78, 5) is 0. The molecule has 0 amide bonds. The third kappa shape index (κ3) is 1.87. The Hall–Kier alpha value is -1.61. The zero-order chi connectivity index (χ0) is 11.7. The van der Waals surface area contributed by atoms with Gasteiger partial charge in [-0.25, -0.2) is 4.68 Å². The van der Waals surface area contributed by atoms with Crippen LogP contribution in [0.25, 0.3) is 5.69 Å². The number of para-hydroxylation sites is 1. The van der Waals surface area contributed by atoms with Crippen molar-refractivity contribution >= 4 is 0 Å². The van der Waals surface area contributed by atoms with E-state index in [0.29, 0.717) is 6.04 Å². The lowest BCUT2D eigenvalue weighted by Gasteiger charge is -2.22. The maximum absolute atomic E-state index is 4.53. The molecule has 0 saturated heterocycles. The zero-order valence-electron chi connectivity index (χ0n) is 10.1. The molecule has 3 nitrogen and oxygen atoms in total. The van der Waals surface area contributed by atoms with Crippen LogP contribution in [0.2, 0.25) is 0 Å². The van der Waals surface area contributed by atoms with Crippen molar-refractivity contribution in [3.63, 3.8) is 0 Å². The summed E-state index contributed by atoms with van der Waals surface area (Å²) >= 11 is 0. The van der Waals surface area contributed by atoms with Gasteiger partial charge in [0, 0.05) is 11.7 Å². The van der Waals surface area contributed by atoms with Crippen molar-refractivity contribution < 1.29 is 0 Å². The number of nitrogens with one attached hydrogen (secondary N) is 1. The molecule has 2 aromatic rings. The smallest absolute Gasteiger partial charge is 0.0648 e. The highest BCUT2D eigenvalue weighted by molar-refractivity contribution is 5.36. The minimum absolute atomic E-state index is 0.607. The summed E-state index contributed by atoms with van der Waals surface area (Å²) in [6.07, 6.45) is 5.42. The van der Waals surface area contributed by atoms with Gasteiger partial charge in [0.2, 0.25) is 0 Å². The zero-order valence-corrected chi connectivity index (χ0v) is 10.1. The first kappa shape index (κ1) is 10.5. The molecule has 17 heavy (non-hydrogen) atoms. The van der Waals surface area contributed by atoms with Crippen molar-refractivity contribution in [3.05, 3.63) is 47.8 Å². The van der Waals surface area contributed by atoms with Crippen LogP contribution >= 0.6 is 0 Å². The first-order valence-electron chi connectivity index (χ1n) is 6.17. The average Bonchev–Trinajstić information content (AvgIpc) is 2.82. The third-order valence-electron chi connectivity index (χ3n) is 3.56. The van der Waals surface area contributed by atoms with Gasteiger partial charge in [0.1, 0.15) is 0 Å². The Balaban J connectivity index is 1.97. The molecule has 0 aliphatic heterocycles. The summed E-state index contributed by atoms with van der Waals surface area (Å²) in [5.41, 5.74) is 3.93. The normalized spacial score (nSPS) is 19.0. The largest absolute Gasteiger partial charge is 0.317 e. The average molecular weight is 227 g/mol. The van der Waals surface area contributed by atoms with E-state index in [4.69, 9.17) is 0 Å². The SMILES string of the molecule is CNC1CCc2c(cnn2-c2ccccc2)C1. The van der Waals surface area contributed by atoms with Gasteiger partial charge in [0.15, 0.2) is 0 Å². The Morgan fingerprint density at radius 1 is 1.29 bits per heavy atom. The van der Waals surface area contributed by atoms with E-state index in [2.05, 4.69) is 39.4 Å². The number of hydrogen-bond donors (Lipinski definition) is 1. The fourth-order valence-corrected chi connectivity index (χ4v) is 2.56. The predicted molar refractivity (Wildman–Crippen MR) is 68.4 cm³/mol. The molecule has 3 rings (SSSR count). The molecule has 1 N–H and O–H groups in total. The van der Waals surface area contributed by atoms with Gasteiger partial charge < -0.3 is 5.32 Å². The third-order valence-corrected chi connectivity index (χ3v) is 3.56. The second-order valence-corrected chi connectivity index (χ2v) is 4.59. The van der Waals surface area contributed by atoms with Crippen LogP contribution in [0.15, 0.2) is 36.5 Å². The highest BCUT2D eigenvalue weighted by atomic mass is 15.3. The van der Waals surface area contributed by atoms with Gasteiger partial charge in [0.05, 0.1) is 11.9 Å². The Labute approximate surface area is 101 Å². The second-order valence-electron chi connectivity index (χ2n) is 4.59. The minimum Gasteiger partial charge on any atom is -0.317 e. The lowest BCUT2D eigenvalue weighted by Crippen LogP contribution is -2.31. The minimum atomic E-state index is 0.607. The van der Waals surface area contributed by atoms with Crippen molar-refractivity contribution in [2.45, 2.75) is 25.3 Å². The fraction of sp³-hybridized carbons (Fsp3) is 0.357. The van der Waals surface area contributed by atoms with Crippen LogP contribution in [0.3, 0.4) is 0 Å². The van der Waals surface area contributed by atoms with Gasteiger partial charge in [-0.1, -0.05) is 18.2 Å². The molecule has 1 atom stereocenters. The van der Waals surface area contributed by atoms with E-state index in [1.54, 1.807) is 0 Å². The lowest BCUT2D eigenvalue weighted by atomic mass is 9.93. The van der Waals surface area contributed by atoms with Crippen molar-refractivity contribution in [2.75, 3.05) is 7.05 Å². The van der Waals surface area contributed by atoms with Gasteiger partial charge in [-0.3, -0.25) is 0 Å². The van der Waals surface area contributed by atoms with Gasteiger partial charge in [-0.05, 0) is 44.0 Å². The van der Waals surface area contributed by atoms with Crippen LogP contribution in [0.4, 0.5) is 0 Å². The number of likely N-dealkylation sites (N-methyl/N-ethyl adjacent to an activating group) is 1. The van der Waals surface area contributed by atoms with Crippen LogP contribution in [-0.2, 0) is 12.8 Å². The van der Waals surface area contributed by atoms with Crippen LogP contribution in [0.5, 0.6) is 0 Å². The number of rotatable bonds is 2. The summed E-state index contributed by atoms with van der Waals surface area (Å²) < 4.78 is 2.08. The van der Waals surface area contributed by atoms with Gasteiger partial charge in [-0.2, -0.15) is 5.10 Å². The Bertz CT molecular complexity index is 501. The topological polar surface area (TPSA) is 29.9 Å². The van der Waals surface area contributed by atoms with E-state index in [0.717, 1.165) is 18.5 Å². The van der Waals surface area contributed by atoms with Crippen LogP contribution in [0.1, 0.15) is 17.7 Å². The Kier molecular flexibility index (Phi) is 2.69. The van der Waals surface area contributed by atoms with E-state index in [1.165, 1.54) is 17.7 Å². The summed E-state index contributed by atoms with van der Waals surface area (Å²) in [5, 5.41) is 7.88. The van der Waals surface area contributed by atoms with E-state index in [1.807, 2.05) is 19.3 Å². The number of hydrogen-bond acceptors (Lipinski definition) is 2. The first-order valence-corrected chi connectivity index (χ1v) is 6.17. The molecule has 0 spiro atoms. The lowest BCUT2D eigenvalue weighted by molar-refractivity contribution is 0.489. The molecule has 0 bridgehead atoms. The quantitative estimate of drug-likeness (QED) is 0.850. The second kappa shape index (κ2) is 4.34. The van der Waals surface area contributed by atoms with Crippen molar-refractivity contribution in [1.82, 2.24) is 15.1 Å². The highest BCUT2D eigenvalue weighted by Gasteiger charge is 2.21. The fourth-order valence-electron chi connectivity index (χ4n) is 2.56. The van der Waals surface area contributed by atoms with Crippen LogP contribution in [-0.4, -0.2) is 22.9 Å². The van der Waals surface area contributed by atoms with E-state index < -0.39 is 0 Å². The molecule has 1 unspecified atom stereocenters. The number of fused-ring (bicyclic) bond motifs is 1. The molecule has 1 heterocycles. The molecule has 88 valence electrons. The predicted octanol–water partition coefficient (Wildman–Crippen LogP) is 1.95. The van der Waals surface area contributed by atoms with E-state index >= 15 is 0 Å². The first-order chi connectivity index (χ1) is 8.38. The molecule has 1 aromatic heterocycles. The summed E-state index contributed by atoms with van der Waals surface area (Å²) in [6, 6.07) is 11.0. The maximum atomic E-state index is 4.53. The number of nitrogens with zero attached hydrogens (tertiary/aromatic N) is 2. The molecular weight excluding hydrogens is 210 g/mol. The highest BCUT2D eigenvalue weighted by Crippen LogP contribution is 2.23. The van der Waals surface area contributed by atoms with E-state index in [-0.39, 0.29) is 0 Å². The van der Waals surface area contributed by atoms with Crippen molar-refractivity contribution in [1.29, 1.82) is 0 Å². The molecule has 1 aromatic carbocycles. The molecule has 0 radical (unpaired) electrons. The number of benzene rings is 1. The van der Waals surface area contributed by atoms with Crippen molar-refractivity contribution in [2.24, 2.45) is 0 Å².